The number of anilines is 1. The van der Waals surface area contributed by atoms with Gasteiger partial charge in [-0.25, -0.2) is 0 Å². The summed E-state index contributed by atoms with van der Waals surface area (Å²) < 4.78 is 5.10. The van der Waals surface area contributed by atoms with E-state index in [1.807, 2.05) is 53.4 Å². The van der Waals surface area contributed by atoms with E-state index in [0.717, 1.165) is 23.2 Å². The van der Waals surface area contributed by atoms with Crippen LogP contribution in [0.4, 0.5) is 5.69 Å². The molecule has 0 aromatic heterocycles. The van der Waals surface area contributed by atoms with Crippen molar-refractivity contribution in [3.8, 4) is 0 Å². The van der Waals surface area contributed by atoms with Gasteiger partial charge in [-0.2, -0.15) is 0 Å². The molecule has 0 radical (unpaired) electrons. The summed E-state index contributed by atoms with van der Waals surface area (Å²) in [4.78, 5) is 29.1. The van der Waals surface area contributed by atoms with E-state index >= 15 is 0 Å². The Hall–Kier alpha value is -2.70. The van der Waals surface area contributed by atoms with Crippen molar-refractivity contribution >= 4 is 17.5 Å². The van der Waals surface area contributed by atoms with Gasteiger partial charge in [0, 0.05) is 44.5 Å². The number of nitrogens with zero attached hydrogens (tertiary/aromatic N) is 2. The first-order chi connectivity index (χ1) is 14.1. The van der Waals surface area contributed by atoms with Crippen molar-refractivity contribution in [1.82, 2.24) is 9.80 Å². The van der Waals surface area contributed by atoms with Gasteiger partial charge in [0.15, 0.2) is 0 Å². The number of methoxy groups -OCH3 is 1. The fraction of sp³-hybridized carbons (Fsp3) is 0.391. The first-order valence-corrected chi connectivity index (χ1v) is 10.1. The highest BCUT2D eigenvalue weighted by atomic mass is 16.5. The molecule has 0 atom stereocenters. The Morgan fingerprint density at radius 3 is 2.34 bits per heavy atom. The minimum atomic E-state index is -0.0144. The summed E-state index contributed by atoms with van der Waals surface area (Å²) in [7, 11) is 1.65. The van der Waals surface area contributed by atoms with Crippen LogP contribution in [-0.4, -0.2) is 61.4 Å². The van der Waals surface area contributed by atoms with E-state index in [0.29, 0.717) is 44.9 Å². The summed E-state index contributed by atoms with van der Waals surface area (Å²) in [6.07, 6.45) is 0.879. The van der Waals surface area contributed by atoms with Crippen LogP contribution in [0.5, 0.6) is 0 Å². The van der Waals surface area contributed by atoms with Gasteiger partial charge in [-0.3, -0.25) is 14.5 Å². The van der Waals surface area contributed by atoms with E-state index in [-0.39, 0.29) is 11.8 Å². The summed E-state index contributed by atoms with van der Waals surface area (Å²) >= 11 is 0. The van der Waals surface area contributed by atoms with Gasteiger partial charge in [-0.15, -0.1) is 0 Å². The Balaban J connectivity index is 1.48. The minimum absolute atomic E-state index is 0.0144. The number of ether oxygens (including phenoxy) is 1. The molecule has 6 heteroatoms. The molecular weight excluding hydrogens is 366 g/mol. The van der Waals surface area contributed by atoms with Crippen molar-refractivity contribution in [2.45, 2.75) is 20.0 Å². The second-order valence-electron chi connectivity index (χ2n) is 7.26. The van der Waals surface area contributed by atoms with Gasteiger partial charge < -0.3 is 15.0 Å². The molecule has 1 aliphatic heterocycles. The molecule has 29 heavy (non-hydrogen) atoms. The number of hydrogen-bond donors (Lipinski definition) is 1. The molecule has 2 aromatic rings. The number of para-hydroxylation sites is 1. The van der Waals surface area contributed by atoms with Gasteiger partial charge in [0.1, 0.15) is 0 Å². The van der Waals surface area contributed by atoms with E-state index in [9.17, 15) is 9.59 Å². The van der Waals surface area contributed by atoms with Crippen molar-refractivity contribution in [3.63, 3.8) is 0 Å². The molecule has 0 unspecified atom stereocenters. The topological polar surface area (TPSA) is 61.9 Å². The van der Waals surface area contributed by atoms with Gasteiger partial charge in [0.2, 0.25) is 5.91 Å². The van der Waals surface area contributed by atoms with Crippen molar-refractivity contribution in [2.24, 2.45) is 0 Å². The Morgan fingerprint density at radius 2 is 1.69 bits per heavy atom. The quantitative estimate of drug-likeness (QED) is 0.783. The van der Waals surface area contributed by atoms with Gasteiger partial charge in [-0.1, -0.05) is 37.3 Å². The SMILES string of the molecule is CCc1ccccc1NC(=O)CN1CCN(C(=O)c2ccc(COC)cc2)CC1. The molecule has 3 rings (SSSR count). The summed E-state index contributed by atoms with van der Waals surface area (Å²) in [6, 6.07) is 15.4. The summed E-state index contributed by atoms with van der Waals surface area (Å²) in [5.74, 6) is 0.0225. The Bertz CT molecular complexity index is 828. The Kier molecular flexibility index (Phi) is 7.38. The fourth-order valence-corrected chi connectivity index (χ4v) is 3.55. The molecule has 1 fully saturated rings. The maximum Gasteiger partial charge on any atom is 0.253 e. The van der Waals surface area contributed by atoms with E-state index in [1.54, 1.807) is 7.11 Å². The van der Waals surface area contributed by atoms with Gasteiger partial charge in [0.25, 0.3) is 5.91 Å². The van der Waals surface area contributed by atoms with Crippen molar-refractivity contribution in [3.05, 3.63) is 65.2 Å². The highest BCUT2D eigenvalue weighted by Crippen LogP contribution is 2.16. The first-order valence-electron chi connectivity index (χ1n) is 10.1. The fourth-order valence-electron chi connectivity index (χ4n) is 3.55. The number of amides is 2. The maximum absolute atomic E-state index is 12.7. The molecule has 154 valence electrons. The Labute approximate surface area is 172 Å². The van der Waals surface area contributed by atoms with Crippen LogP contribution in [0.25, 0.3) is 0 Å². The molecular formula is C23H29N3O3. The van der Waals surface area contributed by atoms with Crippen molar-refractivity contribution in [2.75, 3.05) is 45.2 Å². The van der Waals surface area contributed by atoms with Crippen LogP contribution >= 0.6 is 0 Å². The maximum atomic E-state index is 12.7. The molecule has 2 aromatic carbocycles. The molecule has 1 saturated heterocycles. The largest absolute Gasteiger partial charge is 0.380 e. The van der Waals surface area contributed by atoms with Crippen LogP contribution in [0, 0.1) is 0 Å². The Morgan fingerprint density at radius 1 is 1.00 bits per heavy atom. The van der Waals surface area contributed by atoms with Crippen molar-refractivity contribution < 1.29 is 14.3 Å². The predicted octanol–water partition coefficient (Wildman–Crippen LogP) is 2.79. The third kappa shape index (κ3) is 5.65. The smallest absolute Gasteiger partial charge is 0.253 e. The number of aryl methyl sites for hydroxylation is 1. The number of rotatable bonds is 7. The second-order valence-corrected chi connectivity index (χ2v) is 7.26. The predicted molar refractivity (Wildman–Crippen MR) is 114 cm³/mol. The molecule has 0 spiro atoms. The molecule has 2 amide bonds. The monoisotopic (exact) mass is 395 g/mol. The van der Waals surface area contributed by atoms with Crippen LogP contribution in [0.3, 0.4) is 0 Å². The van der Waals surface area contributed by atoms with E-state index in [1.165, 1.54) is 0 Å². The molecule has 1 N–H and O–H groups in total. The zero-order valence-electron chi connectivity index (χ0n) is 17.2. The second kappa shape index (κ2) is 10.2. The zero-order chi connectivity index (χ0) is 20.6. The van der Waals surface area contributed by atoms with E-state index in [4.69, 9.17) is 4.74 Å². The average molecular weight is 396 g/mol. The van der Waals surface area contributed by atoms with Crippen LogP contribution in [0.2, 0.25) is 0 Å². The molecule has 0 bridgehead atoms. The third-order valence-corrected chi connectivity index (χ3v) is 5.21. The highest BCUT2D eigenvalue weighted by molar-refractivity contribution is 5.94. The molecule has 1 heterocycles. The lowest BCUT2D eigenvalue weighted by molar-refractivity contribution is -0.117. The van der Waals surface area contributed by atoms with Crippen LogP contribution in [-0.2, 0) is 22.6 Å². The first kappa shape index (κ1) is 21.0. The molecule has 1 aliphatic rings. The number of carbonyl (C=O) groups is 2. The standard InChI is InChI=1S/C23H29N3O3/c1-3-19-6-4-5-7-21(19)24-22(27)16-25-12-14-26(15-13-25)23(28)20-10-8-18(9-11-20)17-29-2/h4-11H,3,12-17H2,1-2H3,(H,24,27). The number of nitrogens with one attached hydrogen (secondary N) is 1. The lowest BCUT2D eigenvalue weighted by atomic mass is 10.1. The van der Waals surface area contributed by atoms with Gasteiger partial charge in [-0.05, 0) is 35.7 Å². The summed E-state index contributed by atoms with van der Waals surface area (Å²) in [5.41, 5.74) is 3.75. The molecule has 0 saturated carbocycles. The van der Waals surface area contributed by atoms with Crippen LogP contribution in [0.15, 0.2) is 48.5 Å². The van der Waals surface area contributed by atoms with E-state index < -0.39 is 0 Å². The number of piperazine rings is 1. The van der Waals surface area contributed by atoms with Crippen molar-refractivity contribution in [1.29, 1.82) is 0 Å². The molecule has 0 aliphatic carbocycles. The number of benzene rings is 2. The molecule has 6 nitrogen and oxygen atoms in total. The van der Waals surface area contributed by atoms with Gasteiger partial charge in [0.05, 0.1) is 13.2 Å². The lowest BCUT2D eigenvalue weighted by Gasteiger charge is -2.34. The van der Waals surface area contributed by atoms with Gasteiger partial charge >= 0.3 is 0 Å². The van der Waals surface area contributed by atoms with Crippen LogP contribution in [0.1, 0.15) is 28.4 Å². The highest BCUT2D eigenvalue weighted by Gasteiger charge is 2.23. The van der Waals surface area contributed by atoms with E-state index in [2.05, 4.69) is 17.1 Å². The zero-order valence-corrected chi connectivity index (χ0v) is 17.2. The summed E-state index contributed by atoms with van der Waals surface area (Å²) in [6.45, 7) is 5.58. The number of carbonyl (C=O) groups excluding carboxylic acids is 2. The summed E-state index contributed by atoms with van der Waals surface area (Å²) in [5, 5.41) is 3.01. The minimum Gasteiger partial charge on any atom is -0.380 e. The average Bonchev–Trinajstić information content (AvgIpc) is 2.75. The normalized spacial score (nSPS) is 14.6. The number of hydrogen-bond acceptors (Lipinski definition) is 4. The van der Waals surface area contributed by atoms with Crippen LogP contribution < -0.4 is 5.32 Å². The third-order valence-electron chi connectivity index (χ3n) is 5.21. The lowest BCUT2D eigenvalue weighted by Crippen LogP contribution is -2.50.